The maximum absolute atomic E-state index is 16.8. The van der Waals surface area contributed by atoms with Crippen LogP contribution in [0, 0.1) is 34.4 Å². The molecule has 0 unspecified atom stereocenters. The highest BCUT2D eigenvalue weighted by Crippen LogP contribution is 2.64. The van der Waals surface area contributed by atoms with Gasteiger partial charge in [-0.15, -0.1) is 0 Å². The number of hydrogen-bond donors (Lipinski definition) is 3. The Hall–Kier alpha value is -6.51. The first-order valence-corrected chi connectivity index (χ1v) is 26.3. The molecule has 4 aromatic rings. The number of pyridine rings is 1. The number of carbonyl (C=O) groups excluding carboxylic acids is 5. The minimum absolute atomic E-state index is 0.0319. The molecule has 5 amide bonds. The number of nitrogens with zero attached hydrogens (tertiary/aromatic N) is 4. The highest BCUT2D eigenvalue weighted by atomic mass is 35.5. The number of aromatic nitrogens is 1. The molecule has 5 fully saturated rings. The van der Waals surface area contributed by atoms with Crippen LogP contribution in [0.4, 0.5) is 28.9 Å². The lowest BCUT2D eigenvalue weighted by Gasteiger charge is -2.51. The average Bonchev–Trinajstić information content (AvgIpc) is 3.60. The van der Waals surface area contributed by atoms with Crippen LogP contribution in [0.2, 0.25) is 5.02 Å². The Morgan fingerprint density at radius 3 is 2.47 bits per heavy atom. The van der Waals surface area contributed by atoms with Crippen LogP contribution in [0.15, 0.2) is 66.9 Å². The van der Waals surface area contributed by atoms with Gasteiger partial charge >= 0.3 is 6.18 Å². The van der Waals surface area contributed by atoms with Crippen molar-refractivity contribution < 1.29 is 46.3 Å². The first kappa shape index (κ1) is 49.4. The SMILES string of the molecule is C[C@H]1CN(C(=O)[C@@H]2NC3(CCC(C)(C)CC3)[C@@]3(CNc4cc(C(F)(F)F)ncc43)[C@H]2c2cccc(Cl)c2F)c2ccc(C(=O)N3CCC4(CC3)C[C@H]4C#Cc3cccc4c3CN([C@H]3CCC(=O)NC3=O)C4=O)cc2O1. The number of alkyl halides is 3. The standard InChI is InChI=1S/C57H56ClF4N7O6/c1-31-28-68(52(74)48-46(36-8-5-9-39(58)47(36)59)56(55(66-48)18-16-53(2,3)17-19-55)30-64-40-25-44(57(60,61)62)63-27-38(40)56)41-13-11-33(24-43(41)75-31)50(72)67-22-20-54(21-23-67)26-34(54)12-10-32-6-4-7-35-37(32)29-69(51(35)73)42-14-15-45(70)65-49(42)71/h4-9,11,13,24-25,27,31,34,42,46,48,64,66H,14-23,26,28-30H2,1-3H3,(H,65,70,71)/t31-,34+,42-,46-,48+,56+/m0/s1. The van der Waals surface area contributed by atoms with Crippen LogP contribution in [0.3, 0.4) is 0 Å². The third kappa shape index (κ3) is 7.98. The predicted molar refractivity (Wildman–Crippen MR) is 269 cm³/mol. The van der Waals surface area contributed by atoms with E-state index >= 15 is 9.18 Å². The second-order valence-corrected chi connectivity index (χ2v) is 23.3. The minimum atomic E-state index is -4.70. The summed E-state index contributed by atoms with van der Waals surface area (Å²) in [5.74, 6) is 4.05. The molecule has 3 saturated heterocycles. The summed E-state index contributed by atoms with van der Waals surface area (Å²) in [6, 6.07) is 14.4. The number of hydrogen-bond acceptors (Lipinski definition) is 9. The molecular formula is C57H56ClF4N7O6. The zero-order chi connectivity index (χ0) is 52.6. The lowest BCUT2D eigenvalue weighted by atomic mass is 9.54. The van der Waals surface area contributed by atoms with Crippen molar-refractivity contribution in [3.8, 4) is 17.6 Å². The molecule has 12 rings (SSSR count). The van der Waals surface area contributed by atoms with Crippen molar-refractivity contribution >= 4 is 52.5 Å². The molecule has 2 aliphatic carbocycles. The fourth-order valence-electron chi connectivity index (χ4n) is 13.9. The zero-order valence-electron chi connectivity index (χ0n) is 41.8. The maximum atomic E-state index is 16.8. The quantitative estimate of drug-likeness (QED) is 0.104. The van der Waals surface area contributed by atoms with Crippen molar-refractivity contribution in [2.75, 3.05) is 36.4 Å². The van der Waals surface area contributed by atoms with Gasteiger partial charge in [-0.3, -0.25) is 39.6 Å². The summed E-state index contributed by atoms with van der Waals surface area (Å²) in [5, 5.41) is 9.27. The van der Waals surface area contributed by atoms with E-state index in [1.165, 1.54) is 17.2 Å². The molecule has 0 radical (unpaired) electrons. The van der Waals surface area contributed by atoms with Gasteiger partial charge in [0.1, 0.15) is 29.4 Å². The number of likely N-dealkylation sites (tertiary alicyclic amines) is 1. The monoisotopic (exact) mass is 1050 g/mol. The molecule has 6 aliphatic heterocycles. The summed E-state index contributed by atoms with van der Waals surface area (Å²) >= 11 is 6.52. The number of benzene rings is 3. The molecule has 6 atom stereocenters. The largest absolute Gasteiger partial charge is 0.487 e. The molecule has 390 valence electrons. The molecule has 7 heterocycles. The van der Waals surface area contributed by atoms with Gasteiger partial charge in [-0.2, -0.15) is 13.2 Å². The van der Waals surface area contributed by atoms with E-state index in [2.05, 4.69) is 46.6 Å². The van der Waals surface area contributed by atoms with Gasteiger partial charge in [0.2, 0.25) is 17.7 Å². The molecule has 2 saturated carbocycles. The highest BCUT2D eigenvalue weighted by molar-refractivity contribution is 6.30. The highest BCUT2D eigenvalue weighted by Gasteiger charge is 2.70. The first-order chi connectivity index (χ1) is 35.7. The number of amides is 5. The summed E-state index contributed by atoms with van der Waals surface area (Å²) in [7, 11) is 0. The molecule has 18 heteroatoms. The van der Waals surface area contributed by atoms with Gasteiger partial charge in [-0.1, -0.05) is 55.5 Å². The van der Waals surface area contributed by atoms with Crippen molar-refractivity contribution in [1.29, 1.82) is 0 Å². The van der Waals surface area contributed by atoms with Gasteiger partial charge < -0.3 is 24.8 Å². The van der Waals surface area contributed by atoms with Crippen LogP contribution in [0.25, 0.3) is 0 Å². The van der Waals surface area contributed by atoms with Gasteiger partial charge in [-0.25, -0.2) is 4.39 Å². The zero-order valence-corrected chi connectivity index (χ0v) is 42.5. The molecule has 1 aromatic heterocycles. The third-order valence-corrected chi connectivity index (χ3v) is 18.4. The number of halogens is 5. The van der Waals surface area contributed by atoms with Crippen LogP contribution in [0.1, 0.15) is 133 Å². The van der Waals surface area contributed by atoms with Gasteiger partial charge in [0.25, 0.3) is 11.8 Å². The van der Waals surface area contributed by atoms with Crippen molar-refractivity contribution in [2.45, 2.75) is 126 Å². The third-order valence-electron chi connectivity index (χ3n) is 18.2. The normalized spacial score (nSPS) is 27.8. The van der Waals surface area contributed by atoms with Gasteiger partial charge in [0, 0.05) is 89.5 Å². The van der Waals surface area contributed by atoms with Gasteiger partial charge in [0.15, 0.2) is 0 Å². The van der Waals surface area contributed by atoms with E-state index in [1.54, 1.807) is 47.4 Å². The van der Waals surface area contributed by atoms with Gasteiger partial charge in [0.05, 0.1) is 23.3 Å². The van der Waals surface area contributed by atoms with E-state index in [0.29, 0.717) is 54.1 Å². The fourth-order valence-corrected chi connectivity index (χ4v) is 14.0. The van der Waals surface area contributed by atoms with Crippen molar-refractivity contribution in [1.82, 2.24) is 25.4 Å². The summed E-state index contributed by atoms with van der Waals surface area (Å²) in [5.41, 5.74) is 0.652. The number of imide groups is 1. The Balaban J connectivity index is 0.786. The predicted octanol–water partition coefficient (Wildman–Crippen LogP) is 8.52. The Morgan fingerprint density at radius 2 is 1.72 bits per heavy atom. The Morgan fingerprint density at radius 1 is 0.960 bits per heavy atom. The van der Waals surface area contributed by atoms with Gasteiger partial charge in [-0.05, 0) is 123 Å². The van der Waals surface area contributed by atoms with Crippen molar-refractivity contribution in [2.24, 2.45) is 16.7 Å². The lowest BCUT2D eigenvalue weighted by Crippen LogP contribution is -2.60. The summed E-state index contributed by atoms with van der Waals surface area (Å²) < 4.78 is 65.5. The number of ether oxygens (including phenoxy) is 1. The Labute approximate surface area is 436 Å². The Bertz CT molecular complexity index is 3190. The van der Waals surface area contributed by atoms with E-state index in [1.807, 2.05) is 17.9 Å². The second kappa shape index (κ2) is 17.5. The second-order valence-electron chi connectivity index (χ2n) is 22.9. The van der Waals surface area contributed by atoms with E-state index in [0.717, 1.165) is 49.3 Å². The van der Waals surface area contributed by atoms with Crippen molar-refractivity contribution in [3.05, 3.63) is 117 Å². The maximum Gasteiger partial charge on any atom is 0.433 e. The van der Waals surface area contributed by atoms with E-state index in [4.69, 9.17) is 16.3 Å². The first-order valence-electron chi connectivity index (χ1n) is 25.9. The minimum Gasteiger partial charge on any atom is -0.487 e. The van der Waals surface area contributed by atoms with Crippen LogP contribution in [-0.2, 0) is 32.5 Å². The summed E-state index contributed by atoms with van der Waals surface area (Å²) in [6.07, 6.45) is 1.54. The molecule has 3 aromatic carbocycles. The smallest absolute Gasteiger partial charge is 0.433 e. The molecule has 13 nitrogen and oxygen atoms in total. The van der Waals surface area contributed by atoms with E-state index in [9.17, 15) is 32.3 Å². The lowest BCUT2D eigenvalue weighted by molar-refractivity contribution is -0.141. The molecule has 8 aliphatic rings. The average molecular weight is 1050 g/mol. The number of anilines is 2. The van der Waals surface area contributed by atoms with E-state index < -0.39 is 58.7 Å². The summed E-state index contributed by atoms with van der Waals surface area (Å²) in [4.78, 5) is 76.7. The Kier molecular flexibility index (Phi) is 11.5. The number of rotatable bonds is 4. The molecule has 75 heavy (non-hydrogen) atoms. The topological polar surface area (TPSA) is 153 Å². The molecule has 3 spiro atoms. The molecule has 3 N–H and O–H groups in total. The number of piperidine rings is 2. The number of carbonyl (C=O) groups is 5. The van der Waals surface area contributed by atoms with Crippen molar-refractivity contribution in [3.63, 3.8) is 0 Å². The number of nitrogens with one attached hydrogen (secondary N) is 3. The van der Waals surface area contributed by atoms with Crippen LogP contribution in [0.5, 0.6) is 5.75 Å². The number of fused-ring (bicyclic) bond motifs is 5. The van der Waals surface area contributed by atoms with Crippen LogP contribution < -0.4 is 25.6 Å². The summed E-state index contributed by atoms with van der Waals surface area (Å²) in [6.45, 7) is 7.74. The molecule has 0 bridgehead atoms. The van der Waals surface area contributed by atoms with Crippen LogP contribution >= 0.6 is 11.6 Å². The van der Waals surface area contributed by atoms with E-state index in [-0.39, 0.29) is 89.1 Å². The van der Waals surface area contributed by atoms with Crippen LogP contribution in [-0.4, -0.2) is 94.2 Å². The molecular weight excluding hydrogens is 990 g/mol. The fraction of sp³-hybridized carbons (Fsp3) is 0.474.